The Morgan fingerprint density at radius 1 is 0.197 bits per heavy atom. The van der Waals surface area contributed by atoms with Crippen LogP contribution in [0.3, 0.4) is 0 Å². The molecule has 0 bridgehead atoms. The Kier molecular flexibility index (Phi) is 11.0. The largest absolute Gasteiger partial charge is 0.311 e. The summed E-state index contributed by atoms with van der Waals surface area (Å²) in [6.07, 6.45) is 0. The molecule has 66 heavy (non-hydrogen) atoms. The van der Waals surface area contributed by atoms with E-state index < -0.39 is 0 Å². The molecular weight excluding hydrogens is 797 g/mol. The van der Waals surface area contributed by atoms with E-state index in [9.17, 15) is 0 Å². The molecule has 0 N–H and O–H groups in total. The van der Waals surface area contributed by atoms with Crippen LogP contribution in [0, 0.1) is 0 Å². The lowest BCUT2D eigenvalue weighted by atomic mass is 9.93. The third-order valence-corrected chi connectivity index (χ3v) is 12.5. The lowest BCUT2D eigenvalue weighted by molar-refractivity contribution is 1.28. The first kappa shape index (κ1) is 40.1. The first-order valence-corrected chi connectivity index (χ1v) is 22.6. The van der Waals surface area contributed by atoms with Crippen molar-refractivity contribution < 1.29 is 0 Å². The van der Waals surface area contributed by atoms with Gasteiger partial charge in [-0.1, -0.05) is 212 Å². The highest BCUT2D eigenvalue weighted by Gasteiger charge is 2.19. The fraction of sp³-hybridized carbons (Fsp3) is 0. The van der Waals surface area contributed by atoms with Gasteiger partial charge in [0.15, 0.2) is 0 Å². The van der Waals surface area contributed by atoms with Gasteiger partial charge in [0.25, 0.3) is 0 Å². The molecule has 11 aromatic rings. The minimum absolute atomic E-state index is 1.09. The maximum Gasteiger partial charge on any atom is 0.0540 e. The van der Waals surface area contributed by atoms with Crippen molar-refractivity contribution in [2.75, 3.05) is 9.80 Å². The Bertz CT molecular complexity index is 3260. The first-order chi connectivity index (χ1) is 32.7. The molecule has 312 valence electrons. The summed E-state index contributed by atoms with van der Waals surface area (Å²) in [5.74, 6) is 0. The van der Waals surface area contributed by atoms with Crippen molar-refractivity contribution in [3.63, 3.8) is 0 Å². The normalized spacial score (nSPS) is 11.0. The summed E-state index contributed by atoms with van der Waals surface area (Å²) in [5, 5.41) is 2.40. The molecule has 0 radical (unpaired) electrons. The van der Waals surface area contributed by atoms with Crippen LogP contribution >= 0.6 is 0 Å². The van der Waals surface area contributed by atoms with Gasteiger partial charge < -0.3 is 9.80 Å². The zero-order valence-corrected chi connectivity index (χ0v) is 36.5. The van der Waals surface area contributed by atoms with Crippen LogP contribution in [0.4, 0.5) is 34.1 Å². The molecule has 0 amide bonds. The molecule has 0 aromatic heterocycles. The molecule has 0 aliphatic heterocycles. The monoisotopic (exact) mass is 842 g/mol. The second kappa shape index (κ2) is 18.2. The Morgan fingerprint density at radius 2 is 0.530 bits per heavy atom. The van der Waals surface area contributed by atoms with Gasteiger partial charge in [-0.3, -0.25) is 0 Å². The van der Waals surface area contributed by atoms with Crippen molar-refractivity contribution in [3.8, 4) is 55.6 Å². The fourth-order valence-electron chi connectivity index (χ4n) is 9.15. The molecule has 0 atom stereocenters. The fourth-order valence-corrected chi connectivity index (χ4v) is 9.15. The Morgan fingerprint density at radius 3 is 0.985 bits per heavy atom. The summed E-state index contributed by atoms with van der Waals surface area (Å²) in [4.78, 5) is 4.74. The molecule has 0 saturated heterocycles. The van der Waals surface area contributed by atoms with E-state index in [1.165, 1.54) is 55.3 Å². The zero-order valence-electron chi connectivity index (χ0n) is 36.5. The number of nitrogens with zero attached hydrogens (tertiary/aromatic N) is 2. The molecule has 0 heterocycles. The predicted molar refractivity (Wildman–Crippen MR) is 280 cm³/mol. The molecule has 11 aromatic carbocycles. The molecule has 0 aliphatic carbocycles. The predicted octanol–water partition coefficient (Wildman–Crippen LogP) is 18.1. The molecule has 0 saturated carbocycles. The standard InChI is InChI=1S/C64H46N2/c1-5-16-47(17-6-1)49-28-36-56(37-29-49)65(57-38-30-50(31-39-57)48-18-7-2-8-19-48)58-40-32-51(33-41-58)52-34-42-59(43-35-52)66(64-27-15-25-54-24-13-14-26-62(54)64)60-44-45-61(53-20-9-3-10-21-53)63(46-60)55-22-11-4-12-23-55/h1-46H. The molecule has 2 heteroatoms. The van der Waals surface area contributed by atoms with Crippen LogP contribution in [-0.4, -0.2) is 0 Å². The SMILES string of the molecule is c1ccc(-c2ccc(N(c3ccc(-c4ccccc4)cc3)c3ccc(-c4ccc(N(c5ccc(-c6ccccc6)c(-c6ccccc6)c5)c5cccc6ccccc56)cc4)cc3)cc2)cc1. The highest BCUT2D eigenvalue weighted by atomic mass is 15.1. The van der Waals surface area contributed by atoms with Crippen molar-refractivity contribution in [2.45, 2.75) is 0 Å². The summed E-state index contributed by atoms with van der Waals surface area (Å²) in [5.41, 5.74) is 18.5. The lowest BCUT2D eigenvalue weighted by Crippen LogP contribution is -2.11. The van der Waals surface area contributed by atoms with E-state index in [-0.39, 0.29) is 0 Å². The van der Waals surface area contributed by atoms with Crippen LogP contribution in [0.25, 0.3) is 66.4 Å². The quantitative estimate of drug-likeness (QED) is 0.128. The van der Waals surface area contributed by atoms with Crippen LogP contribution in [-0.2, 0) is 0 Å². The van der Waals surface area contributed by atoms with E-state index in [1.807, 2.05) is 0 Å². The van der Waals surface area contributed by atoms with E-state index in [0.717, 1.165) is 45.3 Å². The molecule has 0 unspecified atom stereocenters. The second-order valence-electron chi connectivity index (χ2n) is 16.6. The summed E-state index contributed by atoms with van der Waals surface area (Å²) in [6.45, 7) is 0. The van der Waals surface area contributed by atoms with Gasteiger partial charge in [0, 0.05) is 33.8 Å². The van der Waals surface area contributed by atoms with Crippen molar-refractivity contribution in [3.05, 3.63) is 279 Å². The van der Waals surface area contributed by atoms with Crippen LogP contribution in [0.2, 0.25) is 0 Å². The molecule has 11 rings (SSSR count). The van der Waals surface area contributed by atoms with Gasteiger partial charge in [0.1, 0.15) is 0 Å². The first-order valence-electron chi connectivity index (χ1n) is 22.6. The summed E-state index contributed by atoms with van der Waals surface area (Å²) >= 11 is 0. The molecule has 0 fully saturated rings. The second-order valence-corrected chi connectivity index (χ2v) is 16.6. The summed E-state index contributed by atoms with van der Waals surface area (Å²) in [6, 6.07) is 100. The maximum atomic E-state index is 2.40. The van der Waals surface area contributed by atoms with E-state index >= 15 is 0 Å². The number of hydrogen-bond acceptors (Lipinski definition) is 2. The average Bonchev–Trinajstić information content (AvgIpc) is 3.41. The minimum atomic E-state index is 1.09. The van der Waals surface area contributed by atoms with Crippen molar-refractivity contribution in [1.82, 2.24) is 0 Å². The number of fused-ring (bicyclic) bond motifs is 1. The molecule has 2 nitrogen and oxygen atoms in total. The van der Waals surface area contributed by atoms with Crippen LogP contribution in [0.5, 0.6) is 0 Å². The van der Waals surface area contributed by atoms with E-state index in [4.69, 9.17) is 0 Å². The highest BCUT2D eigenvalue weighted by Crippen LogP contribution is 2.44. The smallest absolute Gasteiger partial charge is 0.0540 e. The van der Waals surface area contributed by atoms with E-state index in [2.05, 4.69) is 289 Å². The van der Waals surface area contributed by atoms with Gasteiger partial charge in [0.2, 0.25) is 0 Å². The number of benzene rings is 11. The van der Waals surface area contributed by atoms with Gasteiger partial charge in [-0.05, 0) is 128 Å². The number of rotatable bonds is 11. The van der Waals surface area contributed by atoms with Gasteiger partial charge >= 0.3 is 0 Å². The van der Waals surface area contributed by atoms with Gasteiger partial charge in [0.05, 0.1) is 5.69 Å². The number of anilines is 6. The Labute approximate surface area is 387 Å². The van der Waals surface area contributed by atoms with Crippen LogP contribution in [0.15, 0.2) is 279 Å². The molecule has 0 spiro atoms. The maximum absolute atomic E-state index is 2.40. The van der Waals surface area contributed by atoms with Crippen LogP contribution in [0.1, 0.15) is 0 Å². The highest BCUT2D eigenvalue weighted by molar-refractivity contribution is 6.00. The topological polar surface area (TPSA) is 6.48 Å². The van der Waals surface area contributed by atoms with Gasteiger partial charge in [-0.25, -0.2) is 0 Å². The number of hydrogen-bond donors (Lipinski definition) is 0. The molecular formula is C64H46N2. The van der Waals surface area contributed by atoms with Crippen molar-refractivity contribution in [1.29, 1.82) is 0 Å². The van der Waals surface area contributed by atoms with Crippen LogP contribution < -0.4 is 9.80 Å². The minimum Gasteiger partial charge on any atom is -0.311 e. The average molecular weight is 843 g/mol. The molecule has 0 aliphatic rings. The third kappa shape index (κ3) is 8.16. The zero-order chi connectivity index (χ0) is 44.1. The summed E-state index contributed by atoms with van der Waals surface area (Å²) in [7, 11) is 0. The van der Waals surface area contributed by atoms with Crippen molar-refractivity contribution >= 4 is 44.9 Å². The Hall–Kier alpha value is -8.72. The lowest BCUT2D eigenvalue weighted by Gasteiger charge is -2.28. The Balaban J connectivity index is 0.957. The van der Waals surface area contributed by atoms with Gasteiger partial charge in [-0.15, -0.1) is 0 Å². The van der Waals surface area contributed by atoms with E-state index in [0.29, 0.717) is 0 Å². The van der Waals surface area contributed by atoms with Crippen molar-refractivity contribution in [2.24, 2.45) is 0 Å². The summed E-state index contributed by atoms with van der Waals surface area (Å²) < 4.78 is 0. The van der Waals surface area contributed by atoms with Gasteiger partial charge in [-0.2, -0.15) is 0 Å². The van der Waals surface area contributed by atoms with E-state index in [1.54, 1.807) is 0 Å². The third-order valence-electron chi connectivity index (χ3n) is 12.5.